The van der Waals surface area contributed by atoms with Crippen molar-refractivity contribution < 1.29 is 8.42 Å². The van der Waals surface area contributed by atoms with Crippen molar-refractivity contribution in [3.8, 4) is 0 Å². The van der Waals surface area contributed by atoms with Crippen molar-refractivity contribution in [2.75, 3.05) is 7.05 Å². The zero-order valence-corrected chi connectivity index (χ0v) is 13.0. The van der Waals surface area contributed by atoms with E-state index < -0.39 is 10.0 Å². The van der Waals surface area contributed by atoms with E-state index >= 15 is 0 Å². The summed E-state index contributed by atoms with van der Waals surface area (Å²) in [4.78, 5) is 2.68. The highest BCUT2D eigenvalue weighted by molar-refractivity contribution is 7.89. The van der Waals surface area contributed by atoms with E-state index in [1.807, 2.05) is 0 Å². The Balaban J connectivity index is 1.73. The number of fused-ring (bicyclic) bond motifs is 2. The fraction of sp³-hybridized carbons (Fsp3) is 0.571. The van der Waals surface area contributed by atoms with E-state index in [0.29, 0.717) is 17.1 Å². The van der Waals surface area contributed by atoms with Gasteiger partial charge in [0.2, 0.25) is 10.0 Å². The molecule has 0 saturated carbocycles. The van der Waals surface area contributed by atoms with Gasteiger partial charge in [-0.25, -0.2) is 13.1 Å². The molecule has 4 nitrogen and oxygen atoms in total. The van der Waals surface area contributed by atoms with E-state index in [4.69, 9.17) is 11.6 Å². The number of nitrogens with one attached hydrogen (secondary N) is 1. The molecule has 0 radical (unpaired) electrons. The quantitative estimate of drug-likeness (QED) is 0.931. The van der Waals surface area contributed by atoms with Crippen LogP contribution in [0.2, 0.25) is 5.02 Å². The van der Waals surface area contributed by atoms with Crippen molar-refractivity contribution in [3.05, 3.63) is 29.3 Å². The van der Waals surface area contributed by atoms with Gasteiger partial charge in [0.25, 0.3) is 0 Å². The molecule has 0 spiro atoms. The van der Waals surface area contributed by atoms with Gasteiger partial charge in [0.15, 0.2) is 0 Å². The number of rotatable bonds is 3. The SMILES string of the molecule is CN1[C@H]2CC[C@H]1CC(NS(=O)(=O)c1ccc(Cl)cc1)C2. The Morgan fingerprint density at radius 2 is 1.70 bits per heavy atom. The zero-order chi connectivity index (χ0) is 14.3. The summed E-state index contributed by atoms with van der Waals surface area (Å²) >= 11 is 5.80. The second-order valence-corrected chi connectivity index (χ2v) is 7.94. The highest BCUT2D eigenvalue weighted by Crippen LogP contribution is 2.34. The van der Waals surface area contributed by atoms with Crippen molar-refractivity contribution in [2.45, 2.75) is 48.7 Å². The monoisotopic (exact) mass is 314 g/mol. The molecule has 2 aliphatic heterocycles. The minimum atomic E-state index is -3.44. The smallest absolute Gasteiger partial charge is 0.240 e. The van der Waals surface area contributed by atoms with Crippen LogP contribution in [0.3, 0.4) is 0 Å². The fourth-order valence-electron chi connectivity index (χ4n) is 3.41. The van der Waals surface area contributed by atoms with Gasteiger partial charge in [0, 0.05) is 23.1 Å². The number of nitrogens with zero attached hydrogens (tertiary/aromatic N) is 1. The third-order valence-electron chi connectivity index (χ3n) is 4.54. The number of hydrogen-bond donors (Lipinski definition) is 1. The molecule has 20 heavy (non-hydrogen) atoms. The van der Waals surface area contributed by atoms with Gasteiger partial charge in [-0.1, -0.05) is 11.6 Å². The van der Waals surface area contributed by atoms with Crippen molar-refractivity contribution in [2.24, 2.45) is 0 Å². The van der Waals surface area contributed by atoms with Crippen LogP contribution in [0.5, 0.6) is 0 Å². The number of hydrogen-bond acceptors (Lipinski definition) is 3. The van der Waals surface area contributed by atoms with Crippen LogP contribution in [0, 0.1) is 0 Å². The van der Waals surface area contributed by atoms with Gasteiger partial charge < -0.3 is 4.90 Å². The highest BCUT2D eigenvalue weighted by Gasteiger charge is 2.39. The van der Waals surface area contributed by atoms with Crippen LogP contribution in [-0.4, -0.2) is 38.5 Å². The third-order valence-corrected chi connectivity index (χ3v) is 6.33. The Kier molecular flexibility index (Phi) is 3.79. The molecule has 1 N–H and O–H groups in total. The van der Waals surface area contributed by atoms with E-state index in [0.717, 1.165) is 12.8 Å². The molecule has 2 heterocycles. The lowest BCUT2D eigenvalue weighted by Gasteiger charge is -2.36. The maximum absolute atomic E-state index is 12.4. The van der Waals surface area contributed by atoms with E-state index in [-0.39, 0.29) is 10.9 Å². The molecule has 0 aromatic heterocycles. The Bertz CT molecular complexity index is 574. The summed E-state index contributed by atoms with van der Waals surface area (Å²) in [7, 11) is -1.30. The second-order valence-electron chi connectivity index (χ2n) is 5.79. The summed E-state index contributed by atoms with van der Waals surface area (Å²) in [5, 5.41) is 0.543. The average molecular weight is 315 g/mol. The minimum Gasteiger partial charge on any atom is -0.300 e. The van der Waals surface area contributed by atoms with Crippen LogP contribution in [0.15, 0.2) is 29.2 Å². The zero-order valence-electron chi connectivity index (χ0n) is 11.4. The molecule has 0 amide bonds. The third kappa shape index (κ3) is 2.72. The average Bonchev–Trinajstić information content (AvgIpc) is 2.62. The van der Waals surface area contributed by atoms with Gasteiger partial charge in [-0.15, -0.1) is 0 Å². The maximum atomic E-state index is 12.4. The first-order chi connectivity index (χ1) is 9.45. The molecule has 3 rings (SSSR count). The van der Waals surface area contributed by atoms with Crippen LogP contribution in [0.1, 0.15) is 25.7 Å². The lowest BCUT2D eigenvalue weighted by Crippen LogP contribution is -2.48. The van der Waals surface area contributed by atoms with Gasteiger partial charge >= 0.3 is 0 Å². The summed E-state index contributed by atoms with van der Waals surface area (Å²) in [5.41, 5.74) is 0. The van der Waals surface area contributed by atoms with Crippen molar-refractivity contribution >= 4 is 21.6 Å². The Morgan fingerprint density at radius 1 is 1.15 bits per heavy atom. The maximum Gasteiger partial charge on any atom is 0.240 e. The molecule has 6 heteroatoms. The van der Waals surface area contributed by atoms with Gasteiger partial charge in [0.1, 0.15) is 0 Å². The molecular weight excluding hydrogens is 296 g/mol. The molecular formula is C14H19ClN2O2S. The first kappa shape index (κ1) is 14.3. The topological polar surface area (TPSA) is 49.4 Å². The molecule has 0 aliphatic carbocycles. The summed E-state index contributed by atoms with van der Waals surface area (Å²) in [5.74, 6) is 0. The summed E-state index contributed by atoms with van der Waals surface area (Å²) in [6.45, 7) is 0. The van der Waals surface area contributed by atoms with E-state index in [2.05, 4.69) is 16.7 Å². The summed E-state index contributed by atoms with van der Waals surface area (Å²) in [6.07, 6.45) is 4.17. The van der Waals surface area contributed by atoms with Crippen molar-refractivity contribution in [1.82, 2.24) is 9.62 Å². The molecule has 110 valence electrons. The van der Waals surface area contributed by atoms with Crippen LogP contribution >= 0.6 is 11.6 Å². The van der Waals surface area contributed by atoms with Crippen LogP contribution < -0.4 is 4.72 Å². The molecule has 2 bridgehead atoms. The molecule has 0 unspecified atom stereocenters. The lowest BCUT2D eigenvalue weighted by molar-refractivity contribution is 0.157. The summed E-state index contributed by atoms with van der Waals surface area (Å²) in [6, 6.07) is 7.40. The van der Waals surface area contributed by atoms with Crippen molar-refractivity contribution in [3.63, 3.8) is 0 Å². The predicted octanol–water partition coefficient (Wildman–Crippen LogP) is 2.24. The molecule has 1 aromatic rings. The van der Waals surface area contributed by atoms with E-state index in [1.165, 1.54) is 12.8 Å². The number of sulfonamides is 1. The summed E-state index contributed by atoms with van der Waals surface area (Å²) < 4.78 is 27.6. The van der Waals surface area contributed by atoms with Crippen LogP contribution in [0.4, 0.5) is 0 Å². The first-order valence-corrected chi connectivity index (χ1v) is 8.81. The van der Waals surface area contributed by atoms with E-state index in [9.17, 15) is 8.42 Å². The Hall–Kier alpha value is -0.620. The molecule has 2 aliphatic rings. The minimum absolute atomic E-state index is 0.0457. The van der Waals surface area contributed by atoms with Gasteiger partial charge in [-0.2, -0.15) is 0 Å². The fourth-order valence-corrected chi connectivity index (χ4v) is 4.80. The van der Waals surface area contributed by atoms with Gasteiger partial charge in [0.05, 0.1) is 4.90 Å². The Labute approximate surface area is 125 Å². The standard InChI is InChI=1S/C14H19ClN2O2S/c1-17-12-4-5-13(17)9-11(8-12)16-20(18,19)14-6-2-10(15)3-7-14/h2-3,6-7,11-13,16H,4-5,8-9H2,1H3/t12-,13-/m0/s1. The number of halogens is 1. The molecule has 1 aromatic carbocycles. The lowest BCUT2D eigenvalue weighted by atomic mass is 9.99. The normalized spacial score (nSPS) is 30.6. The van der Waals surface area contributed by atoms with E-state index in [1.54, 1.807) is 24.3 Å². The number of benzene rings is 1. The molecule has 2 atom stereocenters. The van der Waals surface area contributed by atoms with Crippen LogP contribution in [-0.2, 0) is 10.0 Å². The first-order valence-electron chi connectivity index (χ1n) is 6.95. The molecule has 2 saturated heterocycles. The highest BCUT2D eigenvalue weighted by atomic mass is 35.5. The van der Waals surface area contributed by atoms with Gasteiger partial charge in [-0.05, 0) is 57.0 Å². The molecule has 2 fully saturated rings. The van der Waals surface area contributed by atoms with Gasteiger partial charge in [-0.3, -0.25) is 0 Å². The largest absolute Gasteiger partial charge is 0.300 e. The Morgan fingerprint density at radius 3 is 2.25 bits per heavy atom. The predicted molar refractivity (Wildman–Crippen MR) is 79.4 cm³/mol. The van der Waals surface area contributed by atoms with Crippen LogP contribution in [0.25, 0.3) is 0 Å². The number of piperidine rings is 1. The second kappa shape index (κ2) is 5.30. The van der Waals surface area contributed by atoms with Crippen molar-refractivity contribution in [1.29, 1.82) is 0 Å².